The first kappa shape index (κ1) is 16.6. The highest BCUT2D eigenvalue weighted by molar-refractivity contribution is 7.12. The van der Waals surface area contributed by atoms with Crippen molar-refractivity contribution >= 4 is 34.5 Å². The molecule has 0 atom stereocenters. The summed E-state index contributed by atoms with van der Waals surface area (Å²) in [7, 11) is 0. The molecule has 2 heterocycles. The molecule has 2 aromatic rings. The minimum absolute atomic E-state index is 0.0217. The summed E-state index contributed by atoms with van der Waals surface area (Å²) in [4.78, 5) is 36.7. The van der Waals surface area contributed by atoms with E-state index in [1.54, 1.807) is 17.0 Å². The van der Waals surface area contributed by atoms with Crippen LogP contribution in [0.15, 0.2) is 35.7 Å². The van der Waals surface area contributed by atoms with Crippen LogP contribution in [0, 0.1) is 27.4 Å². The summed E-state index contributed by atoms with van der Waals surface area (Å²) in [5.41, 5.74) is 0.0282. The summed E-state index contributed by atoms with van der Waals surface area (Å²) >= 11 is 1.35. The molecular weight excluding hydrogens is 344 g/mol. The maximum absolute atomic E-state index is 12.2. The molecule has 0 aliphatic carbocycles. The van der Waals surface area contributed by atoms with Crippen molar-refractivity contribution in [3.8, 4) is 6.07 Å². The molecule has 1 saturated heterocycles. The first-order chi connectivity index (χ1) is 12.0. The van der Waals surface area contributed by atoms with Crippen molar-refractivity contribution in [1.82, 2.24) is 4.90 Å². The molecule has 2 amide bonds. The van der Waals surface area contributed by atoms with Crippen molar-refractivity contribution in [3.63, 3.8) is 0 Å². The third-order valence-corrected chi connectivity index (χ3v) is 4.72. The summed E-state index contributed by atoms with van der Waals surface area (Å²) in [5.74, 6) is -0.793. The first-order valence-electron chi connectivity index (χ1n) is 7.32. The molecule has 0 bridgehead atoms. The van der Waals surface area contributed by atoms with E-state index in [9.17, 15) is 19.7 Å². The maximum atomic E-state index is 12.2. The van der Waals surface area contributed by atoms with E-state index in [0.717, 1.165) is 6.07 Å². The zero-order valence-corrected chi connectivity index (χ0v) is 13.7. The number of non-ortho nitro benzene ring substituents is 1. The van der Waals surface area contributed by atoms with Crippen LogP contribution in [0.2, 0.25) is 0 Å². The van der Waals surface area contributed by atoms with Gasteiger partial charge in [-0.15, -0.1) is 11.3 Å². The number of amides is 2. The van der Waals surface area contributed by atoms with E-state index in [1.807, 2.05) is 11.4 Å². The highest BCUT2D eigenvalue weighted by Crippen LogP contribution is 2.25. The van der Waals surface area contributed by atoms with E-state index in [1.165, 1.54) is 23.5 Å². The lowest BCUT2D eigenvalue weighted by Crippen LogP contribution is -2.54. The quantitative estimate of drug-likeness (QED) is 0.666. The normalized spacial score (nSPS) is 13.6. The largest absolute Gasteiger partial charge is 0.336 e. The van der Waals surface area contributed by atoms with E-state index >= 15 is 0 Å². The number of thiophene rings is 1. The smallest absolute Gasteiger partial charge is 0.270 e. The van der Waals surface area contributed by atoms with E-state index < -0.39 is 4.92 Å². The van der Waals surface area contributed by atoms with Crippen LogP contribution in [0.4, 0.5) is 11.4 Å². The van der Waals surface area contributed by atoms with Gasteiger partial charge in [-0.05, 0) is 17.5 Å². The van der Waals surface area contributed by atoms with Crippen molar-refractivity contribution in [3.05, 3.63) is 56.3 Å². The molecule has 0 saturated carbocycles. The molecule has 25 heavy (non-hydrogen) atoms. The van der Waals surface area contributed by atoms with Crippen molar-refractivity contribution < 1.29 is 14.5 Å². The fourth-order valence-electron chi connectivity index (χ4n) is 2.45. The van der Waals surface area contributed by atoms with Crippen molar-refractivity contribution in [2.45, 2.75) is 0 Å². The second kappa shape index (κ2) is 6.70. The Labute approximate surface area is 146 Å². The number of nitro groups is 1. The average Bonchev–Trinajstić information content (AvgIpc) is 3.07. The summed E-state index contributed by atoms with van der Waals surface area (Å²) in [6.07, 6.45) is 0. The molecule has 0 spiro atoms. The Hall–Kier alpha value is -3.25. The van der Waals surface area contributed by atoms with Crippen LogP contribution in [0.1, 0.15) is 15.2 Å². The molecule has 1 aromatic carbocycles. The van der Waals surface area contributed by atoms with Crippen LogP contribution in [0.5, 0.6) is 0 Å². The van der Waals surface area contributed by atoms with Gasteiger partial charge in [0.1, 0.15) is 6.07 Å². The third kappa shape index (κ3) is 3.34. The Bertz CT molecular complexity index is 882. The van der Waals surface area contributed by atoms with E-state index in [4.69, 9.17) is 5.26 Å². The van der Waals surface area contributed by atoms with Gasteiger partial charge in [0.2, 0.25) is 5.91 Å². The van der Waals surface area contributed by atoms with Gasteiger partial charge in [0.15, 0.2) is 0 Å². The number of nitriles is 1. The van der Waals surface area contributed by atoms with Gasteiger partial charge in [-0.2, -0.15) is 5.26 Å². The highest BCUT2D eigenvalue weighted by atomic mass is 32.1. The Morgan fingerprint density at radius 3 is 2.72 bits per heavy atom. The SMILES string of the molecule is N#Cc1cc([N+](=O)[O-])ccc1NC(=O)C1CN(C(=O)c2cccs2)C1. The molecule has 1 fully saturated rings. The summed E-state index contributed by atoms with van der Waals surface area (Å²) in [6.45, 7) is 0.606. The minimum Gasteiger partial charge on any atom is -0.336 e. The number of carbonyl (C=O) groups excluding carboxylic acids is 2. The highest BCUT2D eigenvalue weighted by Gasteiger charge is 2.36. The van der Waals surface area contributed by atoms with E-state index in [-0.39, 0.29) is 34.7 Å². The van der Waals surface area contributed by atoms with Crippen LogP contribution in [-0.2, 0) is 4.79 Å². The predicted molar refractivity (Wildman–Crippen MR) is 90.2 cm³/mol. The number of rotatable bonds is 4. The van der Waals surface area contributed by atoms with Gasteiger partial charge in [-0.25, -0.2) is 0 Å². The van der Waals surface area contributed by atoms with Gasteiger partial charge in [-0.1, -0.05) is 6.07 Å². The second-order valence-corrected chi connectivity index (χ2v) is 6.42. The number of benzene rings is 1. The summed E-state index contributed by atoms with van der Waals surface area (Å²) in [5, 5.41) is 24.2. The zero-order valence-electron chi connectivity index (χ0n) is 12.8. The van der Waals surface area contributed by atoms with Gasteiger partial charge < -0.3 is 10.2 Å². The first-order valence-corrected chi connectivity index (χ1v) is 8.19. The third-order valence-electron chi connectivity index (χ3n) is 3.86. The molecule has 0 unspecified atom stereocenters. The van der Waals surface area contributed by atoms with Crippen LogP contribution in [0.25, 0.3) is 0 Å². The van der Waals surface area contributed by atoms with Gasteiger partial charge >= 0.3 is 0 Å². The number of hydrogen-bond donors (Lipinski definition) is 1. The van der Waals surface area contributed by atoms with Crippen LogP contribution < -0.4 is 5.32 Å². The van der Waals surface area contributed by atoms with Crippen molar-refractivity contribution in [2.75, 3.05) is 18.4 Å². The van der Waals surface area contributed by atoms with Gasteiger partial charge in [0, 0.05) is 25.2 Å². The molecule has 126 valence electrons. The predicted octanol–water partition coefficient (Wildman–Crippen LogP) is 2.24. The molecular formula is C16H12N4O4S. The average molecular weight is 356 g/mol. The van der Waals surface area contributed by atoms with Crippen LogP contribution >= 0.6 is 11.3 Å². The van der Waals surface area contributed by atoms with Crippen molar-refractivity contribution in [2.24, 2.45) is 5.92 Å². The molecule has 1 aliphatic heterocycles. The number of nitrogens with one attached hydrogen (secondary N) is 1. The molecule has 0 radical (unpaired) electrons. The van der Waals surface area contributed by atoms with Crippen LogP contribution in [-0.4, -0.2) is 34.7 Å². The lowest BCUT2D eigenvalue weighted by molar-refractivity contribution is -0.384. The second-order valence-electron chi connectivity index (χ2n) is 5.47. The lowest BCUT2D eigenvalue weighted by Gasteiger charge is -2.37. The van der Waals surface area contributed by atoms with Gasteiger partial charge in [-0.3, -0.25) is 19.7 Å². The maximum Gasteiger partial charge on any atom is 0.270 e. The monoisotopic (exact) mass is 356 g/mol. The number of carbonyl (C=O) groups is 2. The van der Waals surface area contributed by atoms with E-state index in [2.05, 4.69) is 5.32 Å². The number of nitro benzene ring substituents is 1. The summed E-state index contributed by atoms with van der Waals surface area (Å²) < 4.78 is 0. The zero-order chi connectivity index (χ0) is 18.0. The standard InChI is InChI=1S/C16H12N4O4S/c17-7-10-6-12(20(23)24)3-4-13(10)18-15(21)11-8-19(9-11)16(22)14-2-1-5-25-14/h1-6,11H,8-9H2,(H,18,21). The van der Waals surface area contributed by atoms with Crippen molar-refractivity contribution in [1.29, 1.82) is 5.26 Å². The number of likely N-dealkylation sites (tertiary alicyclic amines) is 1. The van der Waals surface area contributed by atoms with Crippen LogP contribution in [0.3, 0.4) is 0 Å². The number of hydrogen-bond acceptors (Lipinski definition) is 6. The fourth-order valence-corrected chi connectivity index (χ4v) is 3.14. The van der Waals surface area contributed by atoms with Gasteiger partial charge in [0.25, 0.3) is 11.6 Å². The Kier molecular flexibility index (Phi) is 4.45. The Morgan fingerprint density at radius 2 is 2.12 bits per heavy atom. The summed E-state index contributed by atoms with van der Waals surface area (Å²) in [6, 6.07) is 9.03. The molecule has 3 rings (SSSR count). The molecule has 1 aliphatic rings. The lowest BCUT2D eigenvalue weighted by atomic mass is 9.98. The molecule has 9 heteroatoms. The Morgan fingerprint density at radius 1 is 1.36 bits per heavy atom. The van der Waals surface area contributed by atoms with E-state index in [0.29, 0.717) is 18.0 Å². The minimum atomic E-state index is -0.605. The Balaban J connectivity index is 1.62. The molecule has 1 aromatic heterocycles. The molecule has 1 N–H and O–H groups in total. The molecule has 8 nitrogen and oxygen atoms in total. The topological polar surface area (TPSA) is 116 Å². The number of nitrogens with zero attached hydrogens (tertiary/aromatic N) is 3. The fraction of sp³-hybridized carbons (Fsp3) is 0.188. The van der Waals surface area contributed by atoms with Gasteiger partial charge in [0.05, 0.1) is 27.0 Å². The number of anilines is 1.